The average Bonchev–Trinajstić information content (AvgIpc) is 3.51. The highest BCUT2D eigenvalue weighted by Gasteiger charge is 2.27. The molecule has 0 saturated carbocycles. The van der Waals surface area contributed by atoms with Gasteiger partial charge in [-0.3, -0.25) is 14.7 Å². The van der Waals surface area contributed by atoms with E-state index in [2.05, 4.69) is 26.0 Å². The van der Waals surface area contributed by atoms with Crippen LogP contribution in [0.3, 0.4) is 0 Å². The fourth-order valence-corrected chi connectivity index (χ4v) is 4.42. The number of nitrogens with zero attached hydrogens (tertiary/aromatic N) is 6. The van der Waals surface area contributed by atoms with Crippen LogP contribution in [0.4, 0.5) is 0 Å². The van der Waals surface area contributed by atoms with E-state index in [0.29, 0.717) is 18.9 Å². The van der Waals surface area contributed by atoms with Crippen LogP contribution in [0.1, 0.15) is 16.2 Å². The third kappa shape index (κ3) is 4.26. The number of amides is 1. The number of aromatic nitrogens is 4. The summed E-state index contributed by atoms with van der Waals surface area (Å²) in [4.78, 5) is 27.2. The van der Waals surface area contributed by atoms with Crippen LogP contribution >= 0.6 is 11.3 Å². The van der Waals surface area contributed by atoms with Gasteiger partial charge in [-0.25, -0.2) is 9.67 Å². The molecule has 31 heavy (non-hydrogen) atoms. The van der Waals surface area contributed by atoms with Crippen molar-refractivity contribution in [2.24, 2.45) is 0 Å². The topological polar surface area (TPSA) is 67.2 Å². The Morgan fingerprint density at radius 2 is 1.81 bits per heavy atom. The van der Waals surface area contributed by atoms with Gasteiger partial charge in [-0.1, -0.05) is 30.3 Å². The van der Waals surface area contributed by atoms with Gasteiger partial charge in [0.05, 0.1) is 10.6 Å². The van der Waals surface area contributed by atoms with Gasteiger partial charge >= 0.3 is 0 Å². The van der Waals surface area contributed by atoms with Gasteiger partial charge in [0.25, 0.3) is 5.91 Å². The predicted molar refractivity (Wildman–Crippen MR) is 120 cm³/mol. The molecule has 1 aliphatic heterocycles. The Morgan fingerprint density at radius 1 is 0.968 bits per heavy atom. The van der Waals surface area contributed by atoms with Crippen LogP contribution in [-0.4, -0.2) is 61.6 Å². The SMILES string of the molecule is O=C(c1nc(-c2cccs2)n(-c2ccccc2)n1)N1CCN(Cc2cccnc2)CC1. The summed E-state index contributed by atoms with van der Waals surface area (Å²) < 4.78 is 1.76. The first kappa shape index (κ1) is 19.6. The number of hydrogen-bond donors (Lipinski definition) is 0. The summed E-state index contributed by atoms with van der Waals surface area (Å²) in [6.45, 7) is 3.80. The van der Waals surface area contributed by atoms with E-state index >= 15 is 0 Å². The highest BCUT2D eigenvalue weighted by atomic mass is 32.1. The summed E-state index contributed by atoms with van der Waals surface area (Å²) in [6, 6.07) is 17.8. The largest absolute Gasteiger partial charge is 0.333 e. The fourth-order valence-electron chi connectivity index (χ4n) is 3.72. The lowest BCUT2D eigenvalue weighted by Gasteiger charge is -2.34. The molecule has 1 fully saturated rings. The van der Waals surface area contributed by atoms with E-state index in [1.165, 1.54) is 5.56 Å². The van der Waals surface area contributed by atoms with Crippen molar-refractivity contribution >= 4 is 17.2 Å². The predicted octanol–water partition coefficient (Wildman–Crippen LogP) is 3.35. The summed E-state index contributed by atoms with van der Waals surface area (Å²) in [6.07, 6.45) is 3.68. The van der Waals surface area contributed by atoms with Crippen molar-refractivity contribution in [3.63, 3.8) is 0 Å². The average molecular weight is 431 g/mol. The number of para-hydroxylation sites is 1. The third-order valence-electron chi connectivity index (χ3n) is 5.33. The molecule has 4 aromatic rings. The quantitative estimate of drug-likeness (QED) is 0.486. The Morgan fingerprint density at radius 3 is 2.52 bits per heavy atom. The van der Waals surface area contributed by atoms with Crippen LogP contribution in [0.25, 0.3) is 16.4 Å². The Bertz CT molecular complexity index is 1140. The molecule has 1 saturated heterocycles. The standard InChI is InChI=1S/C23H22N6OS/c30-23(28-13-11-27(12-14-28)17-18-6-4-10-24-16-18)21-25-22(20-9-5-15-31-20)29(26-21)19-7-2-1-3-8-19/h1-10,15-16H,11-14,17H2. The van der Waals surface area contributed by atoms with Crippen molar-refractivity contribution in [1.82, 2.24) is 29.5 Å². The fraction of sp³-hybridized carbons (Fsp3) is 0.217. The summed E-state index contributed by atoms with van der Waals surface area (Å²) in [5.74, 6) is 0.821. The monoisotopic (exact) mass is 430 g/mol. The Kier molecular flexibility index (Phi) is 5.56. The first-order valence-corrected chi connectivity index (χ1v) is 11.1. The molecule has 0 aliphatic carbocycles. The highest BCUT2D eigenvalue weighted by Crippen LogP contribution is 2.26. The number of pyridine rings is 1. The molecule has 1 aromatic carbocycles. The van der Waals surface area contributed by atoms with E-state index in [1.54, 1.807) is 22.2 Å². The maximum Gasteiger partial charge on any atom is 0.293 e. The van der Waals surface area contributed by atoms with E-state index in [9.17, 15) is 4.79 Å². The number of thiophene rings is 1. The van der Waals surface area contributed by atoms with Crippen molar-refractivity contribution in [2.75, 3.05) is 26.2 Å². The van der Waals surface area contributed by atoms with Crippen molar-refractivity contribution < 1.29 is 4.79 Å². The Hall–Kier alpha value is -3.36. The van der Waals surface area contributed by atoms with Crippen molar-refractivity contribution in [1.29, 1.82) is 0 Å². The minimum absolute atomic E-state index is 0.117. The molecule has 156 valence electrons. The van der Waals surface area contributed by atoms with Crippen LogP contribution in [0.5, 0.6) is 0 Å². The number of rotatable bonds is 5. The van der Waals surface area contributed by atoms with Crippen molar-refractivity contribution in [2.45, 2.75) is 6.54 Å². The van der Waals surface area contributed by atoms with E-state index in [-0.39, 0.29) is 11.7 Å². The van der Waals surface area contributed by atoms with Crippen LogP contribution in [0.2, 0.25) is 0 Å². The lowest BCUT2D eigenvalue weighted by atomic mass is 10.2. The molecule has 1 amide bonds. The molecular weight excluding hydrogens is 408 g/mol. The first-order valence-electron chi connectivity index (χ1n) is 10.2. The second kappa shape index (κ2) is 8.79. The summed E-state index contributed by atoms with van der Waals surface area (Å²) in [5, 5.41) is 6.60. The van der Waals surface area contributed by atoms with E-state index in [1.807, 2.05) is 65.0 Å². The van der Waals surface area contributed by atoms with Crippen LogP contribution in [0.15, 0.2) is 72.4 Å². The molecule has 5 rings (SSSR count). The Balaban J connectivity index is 1.33. The smallest absolute Gasteiger partial charge is 0.293 e. The zero-order valence-corrected chi connectivity index (χ0v) is 17.8. The minimum Gasteiger partial charge on any atom is -0.333 e. The lowest BCUT2D eigenvalue weighted by molar-refractivity contribution is 0.0616. The molecule has 0 bridgehead atoms. The molecule has 8 heteroatoms. The number of carbonyl (C=O) groups excluding carboxylic acids is 1. The van der Waals surface area contributed by atoms with E-state index in [0.717, 1.165) is 30.2 Å². The molecule has 0 atom stereocenters. The zero-order chi connectivity index (χ0) is 21.0. The van der Waals surface area contributed by atoms with Gasteiger partial charge in [0, 0.05) is 45.1 Å². The maximum atomic E-state index is 13.2. The number of benzene rings is 1. The molecule has 1 aliphatic rings. The van der Waals surface area contributed by atoms with Gasteiger partial charge in [0.2, 0.25) is 5.82 Å². The highest BCUT2D eigenvalue weighted by molar-refractivity contribution is 7.13. The van der Waals surface area contributed by atoms with Gasteiger partial charge in [-0.05, 0) is 35.2 Å². The molecule has 0 N–H and O–H groups in total. The lowest BCUT2D eigenvalue weighted by Crippen LogP contribution is -2.48. The molecule has 3 aromatic heterocycles. The van der Waals surface area contributed by atoms with Crippen molar-refractivity contribution in [3.05, 3.63) is 83.8 Å². The van der Waals surface area contributed by atoms with Gasteiger partial charge in [0.1, 0.15) is 0 Å². The van der Waals surface area contributed by atoms with Crippen LogP contribution < -0.4 is 0 Å². The normalized spacial score (nSPS) is 14.6. The summed E-state index contributed by atoms with van der Waals surface area (Å²) >= 11 is 1.59. The Labute approximate surface area is 184 Å². The second-order valence-electron chi connectivity index (χ2n) is 7.41. The summed E-state index contributed by atoms with van der Waals surface area (Å²) in [5.41, 5.74) is 2.07. The van der Waals surface area contributed by atoms with Gasteiger partial charge in [-0.15, -0.1) is 16.4 Å². The van der Waals surface area contributed by atoms with Crippen LogP contribution in [0, 0.1) is 0 Å². The molecular formula is C23H22N6OS. The molecule has 0 radical (unpaired) electrons. The molecule has 0 spiro atoms. The zero-order valence-electron chi connectivity index (χ0n) is 17.0. The van der Waals surface area contributed by atoms with E-state index in [4.69, 9.17) is 0 Å². The van der Waals surface area contributed by atoms with Gasteiger partial charge < -0.3 is 4.90 Å². The number of carbonyl (C=O) groups is 1. The van der Waals surface area contributed by atoms with E-state index < -0.39 is 0 Å². The first-order chi connectivity index (χ1) is 15.3. The maximum absolute atomic E-state index is 13.2. The molecule has 4 heterocycles. The second-order valence-corrected chi connectivity index (χ2v) is 8.36. The van der Waals surface area contributed by atoms with Crippen LogP contribution in [-0.2, 0) is 6.54 Å². The number of piperazine rings is 1. The summed E-state index contributed by atoms with van der Waals surface area (Å²) in [7, 11) is 0. The van der Waals surface area contributed by atoms with Crippen molar-refractivity contribution in [3.8, 4) is 16.4 Å². The number of hydrogen-bond acceptors (Lipinski definition) is 6. The van der Waals surface area contributed by atoms with Gasteiger partial charge in [-0.2, -0.15) is 0 Å². The third-order valence-corrected chi connectivity index (χ3v) is 6.20. The molecule has 0 unspecified atom stereocenters. The van der Waals surface area contributed by atoms with Gasteiger partial charge in [0.15, 0.2) is 5.82 Å². The molecule has 7 nitrogen and oxygen atoms in total. The minimum atomic E-state index is -0.117.